The van der Waals surface area contributed by atoms with E-state index in [0.29, 0.717) is 6.92 Å². The van der Waals surface area contributed by atoms with Gasteiger partial charge >= 0.3 is 27.1 Å². The fraction of sp³-hybridized carbons (Fsp3) is 0.714. The van der Waals surface area contributed by atoms with E-state index in [9.17, 15) is 18.7 Å². The second-order valence-corrected chi connectivity index (χ2v) is 8.51. The summed E-state index contributed by atoms with van der Waals surface area (Å²) in [6.07, 6.45) is 0. The molecule has 0 radical (unpaired) electrons. The molecular formula is C7H15NO10P2. The van der Waals surface area contributed by atoms with Crippen molar-refractivity contribution in [2.75, 3.05) is 0 Å². The first-order valence-electron chi connectivity index (χ1n) is 4.99. The van der Waals surface area contributed by atoms with Crippen molar-refractivity contribution in [3.8, 4) is 0 Å². The summed E-state index contributed by atoms with van der Waals surface area (Å²) in [7, 11) is -11.0. The minimum absolute atomic E-state index is 0.430. The van der Waals surface area contributed by atoms with Crippen LogP contribution >= 0.6 is 15.2 Å². The van der Waals surface area contributed by atoms with Crippen molar-refractivity contribution in [3.63, 3.8) is 0 Å². The van der Waals surface area contributed by atoms with Crippen LogP contribution in [0.4, 0.5) is 0 Å². The van der Waals surface area contributed by atoms with Crippen molar-refractivity contribution < 1.29 is 48.5 Å². The molecule has 118 valence electrons. The Morgan fingerprint density at radius 1 is 1.00 bits per heavy atom. The Kier molecular flexibility index (Phi) is 5.67. The van der Waals surface area contributed by atoms with Gasteiger partial charge in [-0.15, -0.1) is 0 Å². The summed E-state index contributed by atoms with van der Waals surface area (Å²) in [4.78, 5) is 57.8. The van der Waals surface area contributed by atoms with Crippen LogP contribution in [0.5, 0.6) is 0 Å². The van der Waals surface area contributed by atoms with Crippen LogP contribution in [-0.2, 0) is 18.7 Å². The third-order valence-electron chi connectivity index (χ3n) is 2.72. The third-order valence-corrected chi connectivity index (χ3v) is 6.81. The van der Waals surface area contributed by atoms with E-state index in [2.05, 4.69) is 0 Å². The molecule has 0 spiro atoms. The van der Waals surface area contributed by atoms with Crippen LogP contribution in [0.2, 0.25) is 0 Å². The normalized spacial score (nSPS) is 16.5. The summed E-state index contributed by atoms with van der Waals surface area (Å²) in [6, 6.07) is -2.11. The quantitative estimate of drug-likeness (QED) is 0.275. The lowest BCUT2D eigenvalue weighted by Gasteiger charge is -2.35. The van der Waals surface area contributed by atoms with E-state index in [4.69, 9.17) is 29.8 Å². The van der Waals surface area contributed by atoms with E-state index in [0.717, 1.165) is 6.92 Å². The lowest BCUT2D eigenvalue weighted by molar-refractivity contribution is -0.150. The Morgan fingerprint density at radius 3 is 1.55 bits per heavy atom. The predicted molar refractivity (Wildman–Crippen MR) is 63.9 cm³/mol. The minimum atomic E-state index is -5.50. The zero-order chi connectivity index (χ0) is 16.5. The molecule has 0 aliphatic heterocycles. The number of hydrogen-bond donors (Lipinski definition) is 7. The van der Waals surface area contributed by atoms with Gasteiger partial charge in [0, 0.05) is 0 Å². The van der Waals surface area contributed by atoms with Crippen LogP contribution in [0, 0.1) is 5.92 Å². The highest BCUT2D eigenvalue weighted by molar-refractivity contribution is 7.72. The zero-order valence-electron chi connectivity index (χ0n) is 10.4. The van der Waals surface area contributed by atoms with Crippen LogP contribution < -0.4 is 5.32 Å². The average molecular weight is 335 g/mol. The van der Waals surface area contributed by atoms with Gasteiger partial charge in [0.1, 0.15) is 6.04 Å². The average Bonchev–Trinajstić information content (AvgIpc) is 2.20. The first-order valence-corrected chi connectivity index (χ1v) is 8.22. The molecule has 13 heteroatoms. The Labute approximate surface area is 112 Å². The Balaban J connectivity index is 5.79. The molecule has 0 bridgehead atoms. The number of nitrogens with one attached hydrogen (secondary N) is 1. The van der Waals surface area contributed by atoms with Crippen molar-refractivity contribution >= 4 is 27.1 Å². The van der Waals surface area contributed by atoms with Crippen LogP contribution in [-0.4, -0.2) is 52.8 Å². The minimum Gasteiger partial charge on any atom is -0.481 e. The van der Waals surface area contributed by atoms with Gasteiger partial charge in [-0.2, -0.15) is 0 Å². The topological polar surface area (TPSA) is 202 Å². The maximum Gasteiger partial charge on any atom is 0.357 e. The van der Waals surface area contributed by atoms with E-state index in [1.54, 1.807) is 5.32 Å². The van der Waals surface area contributed by atoms with Gasteiger partial charge in [0.2, 0.25) is 5.02 Å². The summed E-state index contributed by atoms with van der Waals surface area (Å²) in [5.74, 6) is -5.14. The molecule has 0 saturated heterocycles. The molecule has 0 aromatic heterocycles. The second kappa shape index (κ2) is 5.90. The number of carboxylic acids is 2. The first-order chi connectivity index (χ1) is 8.65. The molecular weight excluding hydrogens is 320 g/mol. The molecule has 0 amide bonds. The molecule has 2 atom stereocenters. The van der Waals surface area contributed by atoms with Gasteiger partial charge in [-0.25, -0.2) is 0 Å². The largest absolute Gasteiger partial charge is 0.481 e. The summed E-state index contributed by atoms with van der Waals surface area (Å²) in [6.45, 7) is 1.34. The number of aliphatic carboxylic acids is 2. The highest BCUT2D eigenvalue weighted by atomic mass is 31.2. The van der Waals surface area contributed by atoms with Crippen LogP contribution in [0.15, 0.2) is 0 Å². The van der Waals surface area contributed by atoms with Crippen molar-refractivity contribution in [1.29, 1.82) is 0 Å². The lowest BCUT2D eigenvalue weighted by Crippen LogP contribution is -2.54. The zero-order valence-corrected chi connectivity index (χ0v) is 12.2. The fourth-order valence-electron chi connectivity index (χ4n) is 1.18. The van der Waals surface area contributed by atoms with Gasteiger partial charge in [0.05, 0.1) is 5.92 Å². The van der Waals surface area contributed by atoms with Gasteiger partial charge < -0.3 is 29.8 Å². The molecule has 20 heavy (non-hydrogen) atoms. The highest BCUT2D eigenvalue weighted by Gasteiger charge is 2.58. The predicted octanol–water partition coefficient (Wildman–Crippen LogP) is -1.22. The summed E-state index contributed by atoms with van der Waals surface area (Å²) in [5, 5.41) is 15.9. The standard InChI is InChI=1S/C7H15NO10P2/c1-3(5(9)10)4(6(11)12)8-7(2,19(13,14)15)20(16,17)18/h3-4,8H,1-2H3,(H,9,10)(H,11,12)(H2,13,14,15)(H2,16,17,18). The monoisotopic (exact) mass is 335 g/mol. The smallest absolute Gasteiger partial charge is 0.357 e. The van der Waals surface area contributed by atoms with Crippen LogP contribution in [0.25, 0.3) is 0 Å². The van der Waals surface area contributed by atoms with Crippen molar-refractivity contribution in [2.45, 2.75) is 24.9 Å². The van der Waals surface area contributed by atoms with E-state index < -0.39 is 44.1 Å². The number of carboxylic acid groups (broad SMARTS) is 2. The van der Waals surface area contributed by atoms with Gasteiger partial charge in [0.25, 0.3) is 0 Å². The molecule has 7 N–H and O–H groups in total. The van der Waals surface area contributed by atoms with Crippen LogP contribution in [0.1, 0.15) is 13.8 Å². The third kappa shape index (κ3) is 3.86. The van der Waals surface area contributed by atoms with Gasteiger partial charge in [-0.3, -0.25) is 24.0 Å². The summed E-state index contributed by atoms with van der Waals surface area (Å²) >= 11 is 0. The second-order valence-electron chi connectivity index (χ2n) is 4.20. The fourth-order valence-corrected chi connectivity index (χ4v) is 3.15. The molecule has 0 fully saturated rings. The van der Waals surface area contributed by atoms with Crippen molar-refractivity contribution in [3.05, 3.63) is 0 Å². The molecule has 0 aliphatic rings. The van der Waals surface area contributed by atoms with Crippen molar-refractivity contribution in [2.24, 2.45) is 5.92 Å². The Morgan fingerprint density at radius 2 is 1.35 bits per heavy atom. The number of carbonyl (C=O) groups is 2. The number of hydrogen-bond acceptors (Lipinski definition) is 5. The van der Waals surface area contributed by atoms with Gasteiger partial charge in [0.15, 0.2) is 0 Å². The molecule has 2 unspecified atom stereocenters. The van der Waals surface area contributed by atoms with E-state index in [1.807, 2.05) is 0 Å². The molecule has 0 saturated carbocycles. The maximum atomic E-state index is 11.2. The van der Waals surface area contributed by atoms with Crippen LogP contribution in [0.3, 0.4) is 0 Å². The molecule has 0 heterocycles. The SMILES string of the molecule is CC(C(=O)O)C(NC(C)(P(=O)(O)O)P(=O)(O)O)C(=O)O. The molecule has 0 rings (SSSR count). The van der Waals surface area contributed by atoms with Gasteiger partial charge in [-0.1, -0.05) is 0 Å². The maximum absolute atomic E-state index is 11.2. The van der Waals surface area contributed by atoms with Gasteiger partial charge in [-0.05, 0) is 13.8 Å². The lowest BCUT2D eigenvalue weighted by atomic mass is 10.0. The molecule has 11 nitrogen and oxygen atoms in total. The van der Waals surface area contributed by atoms with Crippen molar-refractivity contribution in [1.82, 2.24) is 5.32 Å². The highest BCUT2D eigenvalue weighted by Crippen LogP contribution is 2.67. The first kappa shape index (κ1) is 19.2. The summed E-state index contributed by atoms with van der Waals surface area (Å²) in [5.41, 5.74) is 0. The number of rotatable bonds is 7. The molecule has 0 aliphatic carbocycles. The molecule has 0 aromatic rings. The van der Waals surface area contributed by atoms with E-state index in [1.165, 1.54) is 0 Å². The summed E-state index contributed by atoms with van der Waals surface area (Å²) < 4.78 is 22.5. The molecule has 0 aromatic carbocycles. The Hall–Kier alpha value is -0.800. The van der Waals surface area contributed by atoms with E-state index in [-0.39, 0.29) is 0 Å². The van der Waals surface area contributed by atoms with E-state index >= 15 is 0 Å². The Bertz CT molecular complexity index is 470.